The SMILES string of the molecule is CNCc1oc(=O)oc1C. The zero-order valence-corrected chi connectivity index (χ0v) is 5.93. The molecule has 0 aromatic carbocycles. The van der Waals surface area contributed by atoms with Crippen molar-refractivity contribution < 1.29 is 8.83 Å². The maximum absolute atomic E-state index is 10.4. The summed E-state index contributed by atoms with van der Waals surface area (Å²) in [5.41, 5.74) is 0. The fraction of sp³-hybridized carbons (Fsp3) is 0.500. The second-order valence-electron chi connectivity index (χ2n) is 1.96. The molecule has 0 aliphatic heterocycles. The summed E-state index contributed by atoms with van der Waals surface area (Å²) in [4.78, 5) is 10.4. The first kappa shape index (κ1) is 7.08. The zero-order valence-electron chi connectivity index (χ0n) is 5.93. The highest BCUT2D eigenvalue weighted by molar-refractivity contribution is 4.99. The van der Waals surface area contributed by atoms with E-state index in [1.165, 1.54) is 0 Å². The van der Waals surface area contributed by atoms with Gasteiger partial charge in [0.1, 0.15) is 5.76 Å². The highest BCUT2D eigenvalue weighted by atomic mass is 16.6. The highest BCUT2D eigenvalue weighted by Crippen LogP contribution is 2.02. The maximum atomic E-state index is 10.4. The van der Waals surface area contributed by atoms with E-state index in [-0.39, 0.29) is 0 Å². The van der Waals surface area contributed by atoms with Crippen LogP contribution in [0.15, 0.2) is 13.6 Å². The first-order valence-electron chi connectivity index (χ1n) is 2.98. The highest BCUT2D eigenvalue weighted by Gasteiger charge is 2.05. The average Bonchev–Trinajstić information content (AvgIpc) is 2.13. The third-order valence-electron chi connectivity index (χ3n) is 1.17. The molecule has 0 unspecified atom stereocenters. The molecule has 0 bridgehead atoms. The van der Waals surface area contributed by atoms with Crippen molar-refractivity contribution >= 4 is 0 Å². The summed E-state index contributed by atoms with van der Waals surface area (Å²) in [7, 11) is 1.77. The first-order chi connectivity index (χ1) is 4.74. The van der Waals surface area contributed by atoms with Crippen LogP contribution in [0.25, 0.3) is 0 Å². The zero-order chi connectivity index (χ0) is 7.56. The molecule has 0 aliphatic carbocycles. The van der Waals surface area contributed by atoms with Crippen molar-refractivity contribution in [2.75, 3.05) is 7.05 Å². The van der Waals surface area contributed by atoms with E-state index in [4.69, 9.17) is 0 Å². The lowest BCUT2D eigenvalue weighted by Gasteiger charge is -1.90. The van der Waals surface area contributed by atoms with Crippen molar-refractivity contribution in [1.82, 2.24) is 5.32 Å². The number of rotatable bonds is 2. The van der Waals surface area contributed by atoms with Gasteiger partial charge >= 0.3 is 5.82 Å². The lowest BCUT2D eigenvalue weighted by atomic mass is 10.4. The van der Waals surface area contributed by atoms with Crippen LogP contribution in [0.3, 0.4) is 0 Å². The summed E-state index contributed by atoms with van der Waals surface area (Å²) >= 11 is 0. The molecule has 0 aliphatic rings. The Hall–Kier alpha value is -1.03. The molecule has 0 atom stereocenters. The van der Waals surface area contributed by atoms with Crippen LogP contribution in [0.5, 0.6) is 0 Å². The first-order valence-corrected chi connectivity index (χ1v) is 2.98. The molecule has 0 saturated carbocycles. The smallest absolute Gasteiger partial charge is 0.396 e. The molecule has 1 rings (SSSR count). The molecule has 1 aromatic heterocycles. The van der Waals surface area contributed by atoms with E-state index in [1.54, 1.807) is 14.0 Å². The lowest BCUT2D eigenvalue weighted by Crippen LogP contribution is -2.05. The maximum Gasteiger partial charge on any atom is 0.519 e. The Bertz CT molecular complexity index is 260. The molecule has 56 valence electrons. The van der Waals surface area contributed by atoms with Crippen LogP contribution in [-0.4, -0.2) is 7.05 Å². The fourth-order valence-electron chi connectivity index (χ4n) is 0.696. The van der Waals surface area contributed by atoms with E-state index in [0.717, 1.165) is 0 Å². The molecule has 0 saturated heterocycles. The average molecular weight is 143 g/mol. The molecule has 10 heavy (non-hydrogen) atoms. The lowest BCUT2D eigenvalue weighted by molar-refractivity contribution is 0.367. The molecule has 1 aromatic rings. The van der Waals surface area contributed by atoms with Gasteiger partial charge in [0, 0.05) is 0 Å². The van der Waals surface area contributed by atoms with Gasteiger partial charge < -0.3 is 14.2 Å². The van der Waals surface area contributed by atoms with Crippen LogP contribution in [0.4, 0.5) is 0 Å². The monoisotopic (exact) mass is 143 g/mol. The van der Waals surface area contributed by atoms with E-state index >= 15 is 0 Å². The van der Waals surface area contributed by atoms with E-state index in [0.29, 0.717) is 18.1 Å². The second-order valence-corrected chi connectivity index (χ2v) is 1.96. The quantitative estimate of drug-likeness (QED) is 0.645. The summed E-state index contributed by atoms with van der Waals surface area (Å²) in [6.07, 6.45) is 0. The van der Waals surface area contributed by atoms with Crippen LogP contribution >= 0.6 is 0 Å². The summed E-state index contributed by atoms with van der Waals surface area (Å²) in [6.45, 7) is 2.22. The van der Waals surface area contributed by atoms with Crippen LogP contribution in [-0.2, 0) is 6.54 Å². The Morgan fingerprint density at radius 2 is 2.20 bits per heavy atom. The van der Waals surface area contributed by atoms with Gasteiger partial charge in [0.05, 0.1) is 6.54 Å². The number of hydrogen-bond acceptors (Lipinski definition) is 4. The summed E-state index contributed by atoms with van der Waals surface area (Å²) in [5.74, 6) is 0.467. The summed E-state index contributed by atoms with van der Waals surface area (Å²) in [5, 5.41) is 2.85. The van der Waals surface area contributed by atoms with Crippen LogP contribution in [0, 0.1) is 6.92 Å². The molecule has 1 N–H and O–H groups in total. The molecule has 0 amide bonds. The van der Waals surface area contributed by atoms with E-state index in [9.17, 15) is 4.79 Å². The van der Waals surface area contributed by atoms with Gasteiger partial charge in [0.2, 0.25) is 0 Å². The standard InChI is InChI=1S/C6H9NO3/c1-4-5(3-7-2)10-6(8)9-4/h7H,3H2,1-2H3. The normalized spacial score (nSPS) is 10.2. The largest absolute Gasteiger partial charge is 0.519 e. The Morgan fingerprint density at radius 3 is 2.60 bits per heavy atom. The Morgan fingerprint density at radius 1 is 1.50 bits per heavy atom. The van der Waals surface area contributed by atoms with Gasteiger partial charge in [-0.15, -0.1) is 0 Å². The summed E-state index contributed by atoms with van der Waals surface area (Å²) < 4.78 is 9.27. The third-order valence-corrected chi connectivity index (χ3v) is 1.17. The molecular weight excluding hydrogens is 134 g/mol. The Kier molecular flexibility index (Phi) is 1.91. The Labute approximate surface area is 57.8 Å². The van der Waals surface area contributed by atoms with Crippen molar-refractivity contribution in [2.45, 2.75) is 13.5 Å². The van der Waals surface area contributed by atoms with Crippen LogP contribution < -0.4 is 11.1 Å². The molecule has 0 radical (unpaired) electrons. The minimum Gasteiger partial charge on any atom is -0.396 e. The van der Waals surface area contributed by atoms with Gasteiger partial charge in [-0.25, -0.2) is 4.79 Å². The minimum atomic E-state index is -0.636. The fourth-order valence-corrected chi connectivity index (χ4v) is 0.696. The van der Waals surface area contributed by atoms with Crippen molar-refractivity contribution in [3.8, 4) is 0 Å². The van der Waals surface area contributed by atoms with Crippen molar-refractivity contribution in [3.63, 3.8) is 0 Å². The number of hydrogen-bond donors (Lipinski definition) is 1. The minimum absolute atomic E-state index is 0.525. The van der Waals surface area contributed by atoms with Gasteiger partial charge in [-0.2, -0.15) is 0 Å². The Balaban J connectivity index is 2.92. The van der Waals surface area contributed by atoms with Gasteiger partial charge in [-0.05, 0) is 14.0 Å². The van der Waals surface area contributed by atoms with Gasteiger partial charge in [0.25, 0.3) is 0 Å². The van der Waals surface area contributed by atoms with E-state index in [1.807, 2.05) is 0 Å². The molecule has 4 nitrogen and oxygen atoms in total. The van der Waals surface area contributed by atoms with E-state index in [2.05, 4.69) is 14.2 Å². The predicted molar refractivity (Wildman–Crippen MR) is 34.7 cm³/mol. The number of aryl methyl sites for hydroxylation is 1. The summed E-state index contributed by atoms with van der Waals surface area (Å²) in [6, 6.07) is 0. The molecular formula is C6H9NO3. The van der Waals surface area contributed by atoms with E-state index < -0.39 is 5.82 Å². The molecule has 0 fully saturated rings. The van der Waals surface area contributed by atoms with Crippen molar-refractivity contribution in [3.05, 3.63) is 22.1 Å². The topological polar surface area (TPSA) is 55.4 Å². The van der Waals surface area contributed by atoms with Gasteiger partial charge in [-0.1, -0.05) is 0 Å². The van der Waals surface area contributed by atoms with Crippen molar-refractivity contribution in [1.29, 1.82) is 0 Å². The van der Waals surface area contributed by atoms with Crippen LogP contribution in [0.2, 0.25) is 0 Å². The third kappa shape index (κ3) is 1.27. The molecule has 1 heterocycles. The van der Waals surface area contributed by atoms with Gasteiger partial charge in [-0.3, -0.25) is 0 Å². The second kappa shape index (κ2) is 2.70. The van der Waals surface area contributed by atoms with Gasteiger partial charge in [0.15, 0.2) is 5.76 Å². The van der Waals surface area contributed by atoms with Crippen LogP contribution in [0.1, 0.15) is 11.5 Å². The number of nitrogens with one attached hydrogen (secondary N) is 1. The molecule has 0 spiro atoms. The molecule has 4 heteroatoms. The predicted octanol–water partition coefficient (Wildman–Crippen LogP) is 0.261. The van der Waals surface area contributed by atoms with Crippen molar-refractivity contribution in [2.24, 2.45) is 0 Å².